The lowest BCUT2D eigenvalue weighted by Crippen LogP contribution is -2.49. The van der Waals surface area contributed by atoms with E-state index in [1.807, 2.05) is 41.4 Å². The smallest absolute Gasteiger partial charge is 0.270 e. The van der Waals surface area contributed by atoms with E-state index >= 15 is 0 Å². The standard InChI is InChI=1S/C26H29N5O2S/c1-20-8-10-21(11-9-20)25-27-24(33-28-25)7-3-12-29-14-16-30(17-15-29)26(32)23-6-2-13-31(23)19-22-5-4-18-34-22/h2,4-6,8-11,13,18H,3,7,12,14-17,19H2,1H3. The molecule has 1 aromatic carbocycles. The molecular formula is C26H29N5O2S. The van der Waals surface area contributed by atoms with Crippen LogP contribution in [0.5, 0.6) is 0 Å². The summed E-state index contributed by atoms with van der Waals surface area (Å²) < 4.78 is 7.49. The highest BCUT2D eigenvalue weighted by molar-refractivity contribution is 7.09. The van der Waals surface area contributed by atoms with Gasteiger partial charge < -0.3 is 14.0 Å². The van der Waals surface area contributed by atoms with Crippen LogP contribution in [0.1, 0.15) is 33.2 Å². The van der Waals surface area contributed by atoms with Crippen LogP contribution in [-0.2, 0) is 13.0 Å². The number of aromatic nitrogens is 3. The van der Waals surface area contributed by atoms with Gasteiger partial charge in [0, 0.05) is 49.2 Å². The van der Waals surface area contributed by atoms with Crippen LogP contribution in [0.25, 0.3) is 11.4 Å². The maximum atomic E-state index is 13.1. The molecule has 1 aliphatic rings. The zero-order chi connectivity index (χ0) is 23.3. The summed E-state index contributed by atoms with van der Waals surface area (Å²) in [6, 6.07) is 16.2. The minimum absolute atomic E-state index is 0.121. The van der Waals surface area contributed by atoms with Crippen LogP contribution < -0.4 is 0 Å². The molecule has 0 radical (unpaired) electrons. The van der Waals surface area contributed by atoms with Crippen molar-refractivity contribution in [2.45, 2.75) is 26.3 Å². The number of nitrogens with zero attached hydrogens (tertiary/aromatic N) is 5. The van der Waals surface area contributed by atoms with E-state index in [1.165, 1.54) is 10.4 Å². The second kappa shape index (κ2) is 10.4. The molecule has 1 fully saturated rings. The van der Waals surface area contributed by atoms with E-state index in [0.29, 0.717) is 11.7 Å². The van der Waals surface area contributed by atoms with Crippen molar-refractivity contribution in [1.82, 2.24) is 24.5 Å². The van der Waals surface area contributed by atoms with Gasteiger partial charge in [-0.25, -0.2) is 0 Å². The predicted molar refractivity (Wildman–Crippen MR) is 133 cm³/mol. The number of carbonyl (C=O) groups is 1. The summed E-state index contributed by atoms with van der Waals surface area (Å²) in [5.41, 5.74) is 2.95. The predicted octanol–water partition coefficient (Wildman–Crippen LogP) is 4.35. The first kappa shape index (κ1) is 22.6. The molecular weight excluding hydrogens is 446 g/mol. The first-order chi connectivity index (χ1) is 16.7. The highest BCUT2D eigenvalue weighted by Gasteiger charge is 2.24. The summed E-state index contributed by atoms with van der Waals surface area (Å²) in [6.45, 7) is 7.03. The molecule has 0 bridgehead atoms. The number of thiophene rings is 1. The van der Waals surface area contributed by atoms with Crippen molar-refractivity contribution in [3.05, 3.63) is 82.1 Å². The van der Waals surface area contributed by atoms with Gasteiger partial charge in [-0.3, -0.25) is 9.69 Å². The molecule has 0 unspecified atom stereocenters. The fourth-order valence-corrected chi connectivity index (χ4v) is 4.99. The summed E-state index contributed by atoms with van der Waals surface area (Å²) in [5.74, 6) is 1.44. The molecule has 0 aliphatic carbocycles. The molecule has 7 nitrogen and oxygen atoms in total. The lowest BCUT2D eigenvalue weighted by molar-refractivity contribution is 0.0625. The molecule has 8 heteroatoms. The molecule has 0 saturated carbocycles. The molecule has 34 heavy (non-hydrogen) atoms. The van der Waals surface area contributed by atoms with Crippen LogP contribution in [0, 0.1) is 6.92 Å². The second-order valence-electron chi connectivity index (χ2n) is 8.72. The SMILES string of the molecule is Cc1ccc(-c2noc(CCCN3CCN(C(=O)c4cccn4Cc4cccs4)CC3)n2)cc1. The van der Waals surface area contributed by atoms with Gasteiger partial charge in [-0.05, 0) is 43.5 Å². The Morgan fingerprint density at radius 3 is 2.65 bits per heavy atom. The lowest BCUT2D eigenvalue weighted by Gasteiger charge is -2.34. The highest BCUT2D eigenvalue weighted by Crippen LogP contribution is 2.18. The second-order valence-corrected chi connectivity index (χ2v) is 9.75. The molecule has 3 aromatic heterocycles. The van der Waals surface area contributed by atoms with Crippen molar-refractivity contribution >= 4 is 17.2 Å². The summed E-state index contributed by atoms with van der Waals surface area (Å²) in [7, 11) is 0. The van der Waals surface area contributed by atoms with Crippen molar-refractivity contribution < 1.29 is 9.32 Å². The number of amides is 1. The average molecular weight is 476 g/mol. The molecule has 4 heterocycles. The van der Waals surface area contributed by atoms with Crippen LogP contribution in [0.2, 0.25) is 0 Å². The minimum Gasteiger partial charge on any atom is -0.339 e. The first-order valence-electron chi connectivity index (χ1n) is 11.7. The molecule has 4 aromatic rings. The third-order valence-corrected chi connectivity index (χ3v) is 7.12. The zero-order valence-corrected chi connectivity index (χ0v) is 20.2. The fraction of sp³-hybridized carbons (Fsp3) is 0.346. The molecule has 0 spiro atoms. The van der Waals surface area contributed by atoms with Gasteiger partial charge in [-0.2, -0.15) is 4.98 Å². The van der Waals surface area contributed by atoms with E-state index in [2.05, 4.69) is 50.1 Å². The maximum Gasteiger partial charge on any atom is 0.270 e. The van der Waals surface area contributed by atoms with E-state index in [4.69, 9.17) is 4.52 Å². The number of benzene rings is 1. The van der Waals surface area contributed by atoms with Gasteiger partial charge in [0.05, 0.1) is 6.54 Å². The lowest BCUT2D eigenvalue weighted by atomic mass is 10.1. The van der Waals surface area contributed by atoms with Crippen LogP contribution in [0.4, 0.5) is 0 Å². The minimum atomic E-state index is 0.121. The normalized spacial score (nSPS) is 14.6. The Morgan fingerprint density at radius 2 is 1.88 bits per heavy atom. The van der Waals surface area contributed by atoms with Gasteiger partial charge in [-0.15, -0.1) is 11.3 Å². The molecule has 1 saturated heterocycles. The summed E-state index contributed by atoms with van der Waals surface area (Å²) in [4.78, 5) is 23.3. The molecule has 0 atom stereocenters. The molecule has 5 rings (SSSR count). The summed E-state index contributed by atoms with van der Waals surface area (Å²) in [6.07, 6.45) is 3.70. The number of piperazine rings is 1. The van der Waals surface area contributed by atoms with Crippen molar-refractivity contribution in [3.63, 3.8) is 0 Å². The maximum absolute atomic E-state index is 13.1. The van der Waals surface area contributed by atoms with E-state index < -0.39 is 0 Å². The average Bonchev–Trinajstić information content (AvgIpc) is 3.63. The van der Waals surface area contributed by atoms with Gasteiger partial charge in [0.2, 0.25) is 11.7 Å². The molecule has 176 valence electrons. The van der Waals surface area contributed by atoms with E-state index in [0.717, 1.165) is 63.4 Å². The Morgan fingerprint density at radius 1 is 1.06 bits per heavy atom. The van der Waals surface area contributed by atoms with Crippen LogP contribution in [-0.4, -0.2) is 63.1 Å². The summed E-state index contributed by atoms with van der Waals surface area (Å²) in [5, 5.41) is 6.19. The summed E-state index contributed by atoms with van der Waals surface area (Å²) >= 11 is 1.72. The van der Waals surface area contributed by atoms with Gasteiger partial charge in [0.15, 0.2) is 0 Å². The third kappa shape index (κ3) is 5.29. The van der Waals surface area contributed by atoms with E-state index in [9.17, 15) is 4.79 Å². The van der Waals surface area contributed by atoms with Crippen molar-refractivity contribution in [2.75, 3.05) is 32.7 Å². The number of carbonyl (C=O) groups excluding carboxylic acids is 1. The molecule has 0 N–H and O–H groups in total. The van der Waals surface area contributed by atoms with Gasteiger partial charge in [0.1, 0.15) is 5.69 Å². The first-order valence-corrected chi connectivity index (χ1v) is 12.6. The Labute approximate surface area is 203 Å². The zero-order valence-electron chi connectivity index (χ0n) is 19.4. The Balaban J connectivity index is 1.08. The van der Waals surface area contributed by atoms with E-state index in [1.54, 1.807) is 11.3 Å². The van der Waals surface area contributed by atoms with Crippen molar-refractivity contribution in [1.29, 1.82) is 0 Å². The Kier molecular flexibility index (Phi) is 6.87. The van der Waals surface area contributed by atoms with Gasteiger partial charge in [-0.1, -0.05) is 41.1 Å². The highest BCUT2D eigenvalue weighted by atomic mass is 32.1. The number of hydrogen-bond acceptors (Lipinski definition) is 6. The number of hydrogen-bond donors (Lipinski definition) is 0. The Hall–Kier alpha value is -3.23. The van der Waals surface area contributed by atoms with Crippen LogP contribution >= 0.6 is 11.3 Å². The number of rotatable bonds is 8. The topological polar surface area (TPSA) is 67.4 Å². The van der Waals surface area contributed by atoms with E-state index in [-0.39, 0.29) is 5.91 Å². The van der Waals surface area contributed by atoms with Crippen LogP contribution in [0.3, 0.4) is 0 Å². The van der Waals surface area contributed by atoms with Gasteiger partial charge in [0.25, 0.3) is 5.91 Å². The number of aryl methyl sites for hydroxylation is 2. The van der Waals surface area contributed by atoms with Crippen molar-refractivity contribution in [3.8, 4) is 11.4 Å². The monoisotopic (exact) mass is 475 g/mol. The largest absolute Gasteiger partial charge is 0.339 e. The Bertz CT molecular complexity index is 1200. The van der Waals surface area contributed by atoms with Crippen molar-refractivity contribution in [2.24, 2.45) is 0 Å². The quantitative estimate of drug-likeness (QED) is 0.379. The molecule has 1 aliphatic heterocycles. The third-order valence-electron chi connectivity index (χ3n) is 6.26. The molecule has 1 amide bonds. The van der Waals surface area contributed by atoms with Crippen LogP contribution in [0.15, 0.2) is 64.6 Å². The fourth-order valence-electron chi connectivity index (χ4n) is 4.28. The van der Waals surface area contributed by atoms with Gasteiger partial charge >= 0.3 is 0 Å².